The van der Waals surface area contributed by atoms with E-state index in [0.717, 1.165) is 0 Å². The highest BCUT2D eigenvalue weighted by Gasteiger charge is 2.10. The van der Waals surface area contributed by atoms with E-state index < -0.39 is 0 Å². The summed E-state index contributed by atoms with van der Waals surface area (Å²) in [7, 11) is 0. The molecular weight excluding hydrogens is 250 g/mol. The molecule has 0 aliphatic rings. The summed E-state index contributed by atoms with van der Waals surface area (Å²) in [5, 5.41) is 7.59. The Morgan fingerprint density at radius 3 is 2.56 bits per heavy atom. The zero-order valence-electron chi connectivity index (χ0n) is 10.2. The number of amides is 1. The normalized spacial score (nSPS) is 10.7. The minimum atomic E-state index is -0.172. The molecule has 0 saturated heterocycles. The van der Waals surface area contributed by atoms with Crippen LogP contribution in [0.4, 0.5) is 5.82 Å². The molecule has 1 N–H and O–H groups in total. The third kappa shape index (κ3) is 2.71. The van der Waals surface area contributed by atoms with E-state index in [1.165, 1.54) is 0 Å². The summed E-state index contributed by atoms with van der Waals surface area (Å²) in [6.45, 7) is 4.01. The molecule has 0 saturated carbocycles. The molecule has 5 heteroatoms. The lowest BCUT2D eigenvalue weighted by molar-refractivity contribution is 0.102. The van der Waals surface area contributed by atoms with Crippen LogP contribution in [-0.4, -0.2) is 15.7 Å². The number of halogens is 1. The van der Waals surface area contributed by atoms with E-state index in [-0.39, 0.29) is 11.9 Å². The highest BCUT2D eigenvalue weighted by atomic mass is 35.5. The summed E-state index contributed by atoms with van der Waals surface area (Å²) in [4.78, 5) is 12.0. The molecular formula is C13H14ClN3O. The molecule has 1 aromatic heterocycles. The van der Waals surface area contributed by atoms with Gasteiger partial charge in [-0.2, -0.15) is 5.10 Å². The zero-order chi connectivity index (χ0) is 13.1. The van der Waals surface area contributed by atoms with E-state index in [4.69, 9.17) is 11.6 Å². The van der Waals surface area contributed by atoms with Crippen molar-refractivity contribution in [1.29, 1.82) is 0 Å². The van der Waals surface area contributed by atoms with E-state index in [0.29, 0.717) is 16.4 Å². The highest BCUT2D eigenvalue weighted by Crippen LogP contribution is 2.15. The Morgan fingerprint density at radius 1 is 1.28 bits per heavy atom. The van der Waals surface area contributed by atoms with Gasteiger partial charge in [-0.25, -0.2) is 4.68 Å². The maximum absolute atomic E-state index is 12.0. The van der Waals surface area contributed by atoms with Gasteiger partial charge >= 0.3 is 0 Å². The molecule has 0 unspecified atom stereocenters. The molecule has 94 valence electrons. The summed E-state index contributed by atoms with van der Waals surface area (Å²) in [5.74, 6) is 0.513. The van der Waals surface area contributed by atoms with Crippen LogP contribution >= 0.6 is 11.6 Å². The Labute approximate surface area is 111 Å². The lowest BCUT2D eigenvalue weighted by Gasteiger charge is -2.11. The van der Waals surface area contributed by atoms with Crippen LogP contribution in [0.1, 0.15) is 30.2 Å². The molecule has 0 fully saturated rings. The van der Waals surface area contributed by atoms with Gasteiger partial charge in [0.15, 0.2) is 0 Å². The van der Waals surface area contributed by atoms with Gasteiger partial charge in [-0.3, -0.25) is 4.79 Å². The zero-order valence-corrected chi connectivity index (χ0v) is 11.0. The Bertz CT molecular complexity index is 546. The molecule has 0 spiro atoms. The van der Waals surface area contributed by atoms with Gasteiger partial charge in [0.2, 0.25) is 0 Å². The van der Waals surface area contributed by atoms with Gasteiger partial charge in [0, 0.05) is 22.7 Å². The third-order valence-corrected chi connectivity index (χ3v) is 2.76. The fourth-order valence-corrected chi connectivity index (χ4v) is 1.74. The van der Waals surface area contributed by atoms with Crippen molar-refractivity contribution in [3.63, 3.8) is 0 Å². The molecule has 0 aliphatic carbocycles. The van der Waals surface area contributed by atoms with E-state index in [1.54, 1.807) is 41.2 Å². The first-order valence-corrected chi connectivity index (χ1v) is 6.06. The number of carbonyl (C=O) groups excluding carboxylic acids is 1. The van der Waals surface area contributed by atoms with Crippen LogP contribution in [0.2, 0.25) is 5.02 Å². The predicted molar refractivity (Wildman–Crippen MR) is 72.0 cm³/mol. The molecule has 1 amide bonds. The van der Waals surface area contributed by atoms with Crippen molar-refractivity contribution in [2.75, 3.05) is 5.32 Å². The standard InChI is InChI=1S/C13H14ClN3O/c1-9(2)17-12(7-8-15-17)16-13(18)10-3-5-11(14)6-4-10/h3-9H,1-2H3,(H,16,18). The summed E-state index contributed by atoms with van der Waals surface area (Å²) in [6.07, 6.45) is 1.66. The van der Waals surface area contributed by atoms with Crippen LogP contribution in [0, 0.1) is 0 Å². The maximum Gasteiger partial charge on any atom is 0.256 e. The number of aromatic nitrogens is 2. The largest absolute Gasteiger partial charge is 0.307 e. The minimum Gasteiger partial charge on any atom is -0.307 e. The van der Waals surface area contributed by atoms with Crippen LogP contribution < -0.4 is 5.32 Å². The second-order valence-electron chi connectivity index (χ2n) is 4.22. The molecule has 2 rings (SSSR count). The van der Waals surface area contributed by atoms with Crippen molar-refractivity contribution in [3.8, 4) is 0 Å². The summed E-state index contributed by atoms with van der Waals surface area (Å²) in [6, 6.07) is 8.72. The van der Waals surface area contributed by atoms with Gasteiger partial charge in [-0.05, 0) is 38.1 Å². The topological polar surface area (TPSA) is 46.9 Å². The number of nitrogens with one attached hydrogen (secondary N) is 1. The summed E-state index contributed by atoms with van der Waals surface area (Å²) in [5.41, 5.74) is 0.566. The highest BCUT2D eigenvalue weighted by molar-refractivity contribution is 6.30. The van der Waals surface area contributed by atoms with Crippen LogP contribution in [0.15, 0.2) is 36.5 Å². The van der Waals surface area contributed by atoms with Gasteiger partial charge in [0.1, 0.15) is 5.82 Å². The van der Waals surface area contributed by atoms with Crippen molar-refractivity contribution in [1.82, 2.24) is 9.78 Å². The SMILES string of the molecule is CC(C)n1nccc1NC(=O)c1ccc(Cl)cc1. The Kier molecular flexibility index (Phi) is 3.67. The predicted octanol–water partition coefficient (Wildman–Crippen LogP) is 3.37. The third-order valence-electron chi connectivity index (χ3n) is 2.51. The van der Waals surface area contributed by atoms with Crippen LogP contribution in [0.25, 0.3) is 0 Å². The van der Waals surface area contributed by atoms with Crippen molar-refractivity contribution >= 4 is 23.3 Å². The van der Waals surface area contributed by atoms with Crippen molar-refractivity contribution in [2.45, 2.75) is 19.9 Å². The van der Waals surface area contributed by atoms with E-state index in [1.807, 2.05) is 13.8 Å². The number of benzene rings is 1. The molecule has 2 aromatic rings. The smallest absolute Gasteiger partial charge is 0.256 e. The quantitative estimate of drug-likeness (QED) is 0.923. The lowest BCUT2D eigenvalue weighted by atomic mass is 10.2. The maximum atomic E-state index is 12.0. The minimum absolute atomic E-state index is 0.172. The second-order valence-corrected chi connectivity index (χ2v) is 4.65. The first kappa shape index (κ1) is 12.6. The molecule has 18 heavy (non-hydrogen) atoms. The van der Waals surface area contributed by atoms with Gasteiger partial charge < -0.3 is 5.32 Å². The number of carbonyl (C=O) groups is 1. The van der Waals surface area contributed by atoms with E-state index in [9.17, 15) is 4.79 Å². The van der Waals surface area contributed by atoms with Crippen LogP contribution in [-0.2, 0) is 0 Å². The monoisotopic (exact) mass is 263 g/mol. The van der Waals surface area contributed by atoms with Gasteiger partial charge in [0.05, 0.1) is 6.20 Å². The van der Waals surface area contributed by atoms with Crippen LogP contribution in [0.3, 0.4) is 0 Å². The molecule has 1 heterocycles. The second kappa shape index (κ2) is 5.23. The Balaban J connectivity index is 2.16. The molecule has 1 aromatic carbocycles. The summed E-state index contributed by atoms with van der Waals surface area (Å²) >= 11 is 5.78. The number of nitrogens with zero attached hydrogens (tertiary/aromatic N) is 2. The fraction of sp³-hybridized carbons (Fsp3) is 0.231. The van der Waals surface area contributed by atoms with E-state index in [2.05, 4.69) is 10.4 Å². The van der Waals surface area contributed by atoms with Crippen molar-refractivity contribution in [2.24, 2.45) is 0 Å². The Hall–Kier alpha value is -1.81. The Morgan fingerprint density at radius 2 is 1.94 bits per heavy atom. The lowest BCUT2D eigenvalue weighted by Crippen LogP contribution is -2.16. The number of rotatable bonds is 3. The number of anilines is 1. The molecule has 0 radical (unpaired) electrons. The molecule has 0 aliphatic heterocycles. The first-order chi connectivity index (χ1) is 8.58. The van der Waals surface area contributed by atoms with Crippen molar-refractivity contribution < 1.29 is 4.79 Å². The number of hydrogen-bond acceptors (Lipinski definition) is 2. The van der Waals surface area contributed by atoms with Crippen molar-refractivity contribution in [3.05, 3.63) is 47.1 Å². The van der Waals surface area contributed by atoms with Crippen LogP contribution in [0.5, 0.6) is 0 Å². The summed E-state index contributed by atoms with van der Waals surface area (Å²) < 4.78 is 1.76. The first-order valence-electron chi connectivity index (χ1n) is 5.68. The van der Waals surface area contributed by atoms with E-state index >= 15 is 0 Å². The average molecular weight is 264 g/mol. The molecule has 4 nitrogen and oxygen atoms in total. The average Bonchev–Trinajstić information content (AvgIpc) is 2.78. The molecule has 0 atom stereocenters. The van der Waals surface area contributed by atoms with Gasteiger partial charge in [0.25, 0.3) is 5.91 Å². The molecule has 0 bridgehead atoms. The fourth-order valence-electron chi connectivity index (χ4n) is 1.61. The number of hydrogen-bond donors (Lipinski definition) is 1. The van der Waals surface area contributed by atoms with Gasteiger partial charge in [-0.15, -0.1) is 0 Å². The van der Waals surface area contributed by atoms with Gasteiger partial charge in [-0.1, -0.05) is 11.6 Å².